The Labute approximate surface area is 233 Å². The maximum absolute atomic E-state index is 13.4. The van der Waals surface area contributed by atoms with E-state index in [2.05, 4.69) is 15.5 Å². The van der Waals surface area contributed by atoms with Gasteiger partial charge in [-0.05, 0) is 54.6 Å². The van der Waals surface area contributed by atoms with Crippen LogP contribution in [0.3, 0.4) is 0 Å². The average molecular weight is 546 g/mol. The highest BCUT2D eigenvalue weighted by molar-refractivity contribution is 7.12. The Bertz CT molecular complexity index is 1270. The molecule has 9 heteroatoms. The second-order valence-corrected chi connectivity index (χ2v) is 10.9. The summed E-state index contributed by atoms with van der Waals surface area (Å²) in [5.74, 6) is -0.0844. The van der Waals surface area contributed by atoms with Gasteiger partial charge < -0.3 is 25.3 Å². The molecule has 0 aliphatic carbocycles. The van der Waals surface area contributed by atoms with Crippen molar-refractivity contribution >= 4 is 40.4 Å². The third kappa shape index (κ3) is 6.85. The van der Waals surface area contributed by atoms with E-state index in [-0.39, 0.29) is 24.1 Å². The molecule has 2 aromatic carbocycles. The van der Waals surface area contributed by atoms with Crippen molar-refractivity contribution < 1.29 is 14.4 Å². The number of rotatable bonds is 6. The Morgan fingerprint density at radius 1 is 0.795 bits per heavy atom. The molecule has 3 aromatic rings. The Hall–Kier alpha value is -3.69. The van der Waals surface area contributed by atoms with Gasteiger partial charge in [0, 0.05) is 51.4 Å². The number of hydrogen-bond donors (Lipinski definition) is 2. The maximum Gasteiger partial charge on any atom is 0.263 e. The molecule has 204 valence electrons. The van der Waals surface area contributed by atoms with E-state index < -0.39 is 0 Å². The minimum absolute atomic E-state index is 0.0209. The van der Waals surface area contributed by atoms with E-state index in [0.29, 0.717) is 44.0 Å². The quantitative estimate of drug-likeness (QED) is 0.493. The number of thiophene rings is 1. The molecule has 39 heavy (non-hydrogen) atoms. The van der Waals surface area contributed by atoms with Crippen LogP contribution in [0.15, 0.2) is 66.0 Å². The highest BCUT2D eigenvalue weighted by Crippen LogP contribution is 2.30. The zero-order valence-electron chi connectivity index (χ0n) is 22.1. The Kier molecular flexibility index (Phi) is 8.90. The van der Waals surface area contributed by atoms with E-state index in [4.69, 9.17) is 0 Å². The fourth-order valence-corrected chi connectivity index (χ4v) is 5.86. The van der Waals surface area contributed by atoms with Crippen LogP contribution in [0.4, 0.5) is 11.4 Å². The smallest absolute Gasteiger partial charge is 0.263 e. The lowest BCUT2D eigenvalue weighted by atomic mass is 10.1. The van der Waals surface area contributed by atoms with Gasteiger partial charge in [0.25, 0.3) is 11.8 Å². The van der Waals surface area contributed by atoms with Gasteiger partial charge in [-0.3, -0.25) is 14.4 Å². The molecule has 2 saturated heterocycles. The van der Waals surface area contributed by atoms with Crippen LogP contribution in [0.2, 0.25) is 0 Å². The average Bonchev–Trinajstić information content (AvgIpc) is 3.20. The molecule has 2 N–H and O–H groups in total. The van der Waals surface area contributed by atoms with Crippen molar-refractivity contribution in [3.63, 3.8) is 0 Å². The molecule has 0 bridgehead atoms. The second kappa shape index (κ2) is 12.9. The summed E-state index contributed by atoms with van der Waals surface area (Å²) in [6.07, 6.45) is 1.98. The van der Waals surface area contributed by atoms with Crippen molar-refractivity contribution in [1.82, 2.24) is 15.1 Å². The molecule has 8 nitrogen and oxygen atoms in total. The summed E-state index contributed by atoms with van der Waals surface area (Å²) >= 11 is 1.46. The highest BCUT2D eigenvalue weighted by atomic mass is 32.1. The molecular weight excluding hydrogens is 510 g/mol. The van der Waals surface area contributed by atoms with Gasteiger partial charge in [-0.2, -0.15) is 0 Å². The van der Waals surface area contributed by atoms with Gasteiger partial charge in [-0.15, -0.1) is 11.3 Å². The van der Waals surface area contributed by atoms with E-state index in [1.165, 1.54) is 11.3 Å². The highest BCUT2D eigenvalue weighted by Gasteiger charge is 2.24. The van der Waals surface area contributed by atoms with Crippen LogP contribution in [0.5, 0.6) is 0 Å². The molecule has 0 saturated carbocycles. The lowest BCUT2D eigenvalue weighted by molar-refractivity contribution is -0.115. The Morgan fingerprint density at radius 3 is 2.44 bits per heavy atom. The largest absolute Gasteiger partial charge is 0.368 e. The third-order valence-electron chi connectivity index (χ3n) is 7.21. The number of amides is 3. The lowest BCUT2D eigenvalue weighted by Crippen LogP contribution is -2.35. The molecule has 2 aliphatic heterocycles. The topological polar surface area (TPSA) is 85.0 Å². The minimum Gasteiger partial charge on any atom is -0.368 e. The Balaban J connectivity index is 1.37. The fraction of sp³-hybridized carbons (Fsp3) is 0.367. The summed E-state index contributed by atoms with van der Waals surface area (Å²) in [6.45, 7) is 5.73. The van der Waals surface area contributed by atoms with Crippen LogP contribution >= 0.6 is 11.3 Å². The third-order valence-corrected chi connectivity index (χ3v) is 8.07. The zero-order chi connectivity index (χ0) is 27.0. The van der Waals surface area contributed by atoms with E-state index in [1.54, 1.807) is 0 Å². The predicted molar refractivity (Wildman–Crippen MR) is 156 cm³/mol. The first-order chi connectivity index (χ1) is 19.1. The summed E-state index contributed by atoms with van der Waals surface area (Å²) in [7, 11) is 0. The molecule has 2 fully saturated rings. The van der Waals surface area contributed by atoms with E-state index in [0.717, 1.165) is 48.6 Å². The Morgan fingerprint density at radius 2 is 1.62 bits per heavy atom. The van der Waals surface area contributed by atoms with Crippen molar-refractivity contribution in [2.75, 3.05) is 62.6 Å². The first-order valence-electron chi connectivity index (χ1n) is 13.6. The molecule has 0 atom stereocenters. The van der Waals surface area contributed by atoms with Crippen LogP contribution in [0.25, 0.3) is 0 Å². The first kappa shape index (κ1) is 26.9. The van der Waals surface area contributed by atoms with E-state index in [9.17, 15) is 14.4 Å². The molecule has 0 radical (unpaired) electrons. The molecule has 0 unspecified atom stereocenters. The van der Waals surface area contributed by atoms with E-state index in [1.807, 2.05) is 75.8 Å². The molecule has 5 rings (SSSR count). The number of carbonyl (C=O) groups is 3. The van der Waals surface area contributed by atoms with Gasteiger partial charge in [-0.1, -0.05) is 36.4 Å². The summed E-state index contributed by atoms with van der Waals surface area (Å²) in [5.41, 5.74) is 3.00. The number of nitrogens with zero attached hydrogens (tertiary/aromatic N) is 3. The normalized spacial score (nSPS) is 16.4. The number of hydrogen-bond acceptors (Lipinski definition) is 6. The van der Waals surface area contributed by atoms with Crippen LogP contribution in [-0.2, 0) is 11.2 Å². The van der Waals surface area contributed by atoms with Crippen LogP contribution in [0.1, 0.15) is 38.4 Å². The number of nitrogens with one attached hydrogen (secondary N) is 2. The van der Waals surface area contributed by atoms with Gasteiger partial charge in [0.05, 0.1) is 22.7 Å². The van der Waals surface area contributed by atoms with Crippen molar-refractivity contribution in [2.24, 2.45) is 0 Å². The molecule has 0 spiro atoms. The molecular formula is C30H35N5O3S. The van der Waals surface area contributed by atoms with Gasteiger partial charge in [-0.25, -0.2) is 0 Å². The predicted octanol–water partition coefficient (Wildman–Crippen LogP) is 3.72. The minimum atomic E-state index is -0.129. The summed E-state index contributed by atoms with van der Waals surface area (Å²) in [4.78, 5) is 46.2. The van der Waals surface area contributed by atoms with Gasteiger partial charge in [0.15, 0.2) is 0 Å². The molecule has 3 amide bonds. The van der Waals surface area contributed by atoms with Crippen molar-refractivity contribution in [1.29, 1.82) is 0 Å². The lowest BCUT2D eigenvalue weighted by Gasteiger charge is -2.27. The number of anilines is 2. The summed E-state index contributed by atoms with van der Waals surface area (Å²) in [5, 5.41) is 8.36. The number of benzene rings is 2. The first-order valence-corrected chi connectivity index (χ1v) is 14.5. The summed E-state index contributed by atoms with van der Waals surface area (Å²) in [6, 6.07) is 19.0. The van der Waals surface area contributed by atoms with Crippen molar-refractivity contribution in [3.8, 4) is 0 Å². The van der Waals surface area contributed by atoms with Crippen LogP contribution in [-0.4, -0.2) is 79.9 Å². The second-order valence-electron chi connectivity index (χ2n) is 9.95. The number of carbonyl (C=O) groups excluding carboxylic acids is 3. The molecule has 2 aliphatic rings. The molecule has 3 heterocycles. The zero-order valence-corrected chi connectivity index (χ0v) is 22.9. The standard InChI is InChI=1S/C30H35N5O3S/c36-28(21-23-7-2-1-3-8-23)32-25-22-24(29(37)34-14-5-12-31-13-17-34)10-11-26(25)33-15-6-16-35(19-18-33)30(38)27-9-4-20-39-27/h1-4,7-11,20,22,31H,5-6,12-19,21H2,(H,32,36). The SMILES string of the molecule is O=C(Cc1ccccc1)Nc1cc(C(=O)N2CCCNCC2)ccc1N1CCCN(C(=O)c2cccs2)CC1. The van der Waals surface area contributed by atoms with Crippen molar-refractivity contribution in [2.45, 2.75) is 19.3 Å². The van der Waals surface area contributed by atoms with Gasteiger partial charge in [0.2, 0.25) is 5.91 Å². The fourth-order valence-electron chi connectivity index (χ4n) is 5.17. The van der Waals surface area contributed by atoms with Crippen LogP contribution < -0.4 is 15.5 Å². The van der Waals surface area contributed by atoms with Crippen molar-refractivity contribution in [3.05, 3.63) is 82.0 Å². The monoisotopic (exact) mass is 545 g/mol. The molecule has 1 aromatic heterocycles. The maximum atomic E-state index is 13.4. The van der Waals surface area contributed by atoms with Crippen LogP contribution in [0, 0.1) is 0 Å². The van der Waals surface area contributed by atoms with E-state index >= 15 is 0 Å². The van der Waals surface area contributed by atoms with Gasteiger partial charge >= 0.3 is 0 Å². The summed E-state index contributed by atoms with van der Waals surface area (Å²) < 4.78 is 0. The van der Waals surface area contributed by atoms with Gasteiger partial charge in [0.1, 0.15) is 0 Å².